The number of ether oxygens (including phenoxy) is 1. The Morgan fingerprint density at radius 3 is 2.83 bits per heavy atom. The van der Waals surface area contributed by atoms with Crippen LogP contribution < -0.4 is 5.32 Å². The number of fused-ring (bicyclic) bond motifs is 1. The summed E-state index contributed by atoms with van der Waals surface area (Å²) in [5.41, 5.74) is 1.68. The maximum Gasteiger partial charge on any atom is 0.407 e. The molecule has 2 aromatic rings. The number of amides is 2. The van der Waals surface area contributed by atoms with Gasteiger partial charge in [-0.3, -0.25) is 4.79 Å². The number of nitrogens with one attached hydrogen (secondary N) is 1. The molecule has 2 unspecified atom stereocenters. The lowest BCUT2D eigenvalue weighted by molar-refractivity contribution is 0.00640. The maximum atomic E-state index is 13.1. The zero-order valence-electron chi connectivity index (χ0n) is 15.7. The van der Waals surface area contributed by atoms with Crippen molar-refractivity contribution in [2.45, 2.75) is 50.8 Å². The van der Waals surface area contributed by atoms with E-state index in [9.17, 15) is 18.4 Å². The van der Waals surface area contributed by atoms with Crippen LogP contribution in [0.5, 0.6) is 0 Å². The zero-order valence-corrected chi connectivity index (χ0v) is 15.7. The van der Waals surface area contributed by atoms with Gasteiger partial charge in [-0.15, -0.1) is 10.2 Å². The second-order valence-corrected chi connectivity index (χ2v) is 7.10. The van der Waals surface area contributed by atoms with Crippen LogP contribution in [-0.4, -0.2) is 46.3 Å². The molecular formula is C19H20F2N4O4. The van der Waals surface area contributed by atoms with Gasteiger partial charge in [-0.05, 0) is 37.0 Å². The molecule has 2 heterocycles. The van der Waals surface area contributed by atoms with E-state index in [4.69, 9.17) is 9.15 Å². The smallest absolute Gasteiger partial charge is 0.407 e. The van der Waals surface area contributed by atoms with E-state index in [1.54, 1.807) is 23.1 Å². The molecule has 29 heavy (non-hydrogen) atoms. The molecule has 8 nitrogen and oxygen atoms in total. The minimum absolute atomic E-state index is 0.0622. The predicted molar refractivity (Wildman–Crippen MR) is 96.1 cm³/mol. The first-order valence-corrected chi connectivity index (χ1v) is 9.42. The highest BCUT2D eigenvalue weighted by atomic mass is 19.3. The Hall–Kier alpha value is -3.04. The Balaban J connectivity index is 1.57. The van der Waals surface area contributed by atoms with Crippen molar-refractivity contribution in [3.05, 3.63) is 35.2 Å². The van der Waals surface area contributed by atoms with E-state index < -0.39 is 18.4 Å². The molecule has 2 amide bonds. The van der Waals surface area contributed by atoms with Gasteiger partial charge in [0.2, 0.25) is 5.89 Å². The van der Waals surface area contributed by atoms with Crippen molar-refractivity contribution >= 4 is 12.0 Å². The number of nitrogens with zero attached hydrogens (tertiary/aromatic N) is 3. The van der Waals surface area contributed by atoms with Gasteiger partial charge in [-0.25, -0.2) is 4.79 Å². The second kappa shape index (κ2) is 7.76. The van der Waals surface area contributed by atoms with Crippen LogP contribution in [0.4, 0.5) is 13.6 Å². The Morgan fingerprint density at radius 1 is 1.31 bits per heavy atom. The summed E-state index contributed by atoms with van der Waals surface area (Å²) in [6.07, 6.45) is -0.419. The molecule has 1 aromatic carbocycles. The van der Waals surface area contributed by atoms with Gasteiger partial charge in [-0.2, -0.15) is 8.78 Å². The highest BCUT2D eigenvalue weighted by Crippen LogP contribution is 2.34. The number of hydrogen-bond acceptors (Lipinski definition) is 6. The number of rotatable bonds is 4. The fourth-order valence-electron chi connectivity index (χ4n) is 3.93. The standard InChI is InChI=1S/C19H20F2N4O4/c1-22-19(27)28-14-5-3-2-4-13(14)25-9-11-7-6-10(8-12(11)18(25)26)16-23-24-17(29-16)15(20)21/h6-8,13-15H,2-5,9H2,1H3,(H,22,27). The van der Waals surface area contributed by atoms with Crippen LogP contribution in [0.1, 0.15) is 53.9 Å². The molecule has 0 bridgehead atoms. The van der Waals surface area contributed by atoms with Crippen molar-refractivity contribution in [1.29, 1.82) is 0 Å². The molecule has 10 heteroatoms. The lowest BCUT2D eigenvalue weighted by atomic mass is 9.91. The first-order chi connectivity index (χ1) is 14.0. The van der Waals surface area contributed by atoms with Crippen molar-refractivity contribution in [3.8, 4) is 11.5 Å². The number of carbonyl (C=O) groups is 2. The van der Waals surface area contributed by atoms with Crippen molar-refractivity contribution in [1.82, 2.24) is 20.4 Å². The number of carbonyl (C=O) groups excluding carboxylic acids is 2. The van der Waals surface area contributed by atoms with Gasteiger partial charge in [0.25, 0.3) is 11.8 Å². The van der Waals surface area contributed by atoms with E-state index in [1.807, 2.05) is 0 Å². The SMILES string of the molecule is CNC(=O)OC1CCCCC1N1Cc2ccc(-c3nnc(C(F)F)o3)cc2C1=O. The van der Waals surface area contributed by atoms with Gasteiger partial charge in [-0.1, -0.05) is 12.5 Å². The molecule has 1 N–H and O–H groups in total. The number of halogens is 2. The predicted octanol–water partition coefficient (Wildman–Crippen LogP) is 3.30. The normalized spacial score (nSPS) is 21.4. The molecule has 2 atom stereocenters. The number of aromatic nitrogens is 2. The number of benzene rings is 1. The molecular weight excluding hydrogens is 386 g/mol. The molecule has 0 radical (unpaired) electrons. The molecule has 1 aliphatic carbocycles. The molecule has 154 valence electrons. The summed E-state index contributed by atoms with van der Waals surface area (Å²) in [4.78, 5) is 26.5. The third-order valence-corrected chi connectivity index (χ3v) is 5.35. The van der Waals surface area contributed by atoms with Gasteiger partial charge >= 0.3 is 12.5 Å². The molecule has 1 saturated carbocycles. The summed E-state index contributed by atoms with van der Waals surface area (Å²) >= 11 is 0. The topological polar surface area (TPSA) is 97.6 Å². The van der Waals surface area contributed by atoms with E-state index in [2.05, 4.69) is 15.5 Å². The zero-order chi connectivity index (χ0) is 20.5. The van der Waals surface area contributed by atoms with Crippen molar-refractivity contribution in [3.63, 3.8) is 0 Å². The second-order valence-electron chi connectivity index (χ2n) is 7.10. The molecule has 1 fully saturated rings. The monoisotopic (exact) mass is 406 g/mol. The first-order valence-electron chi connectivity index (χ1n) is 9.42. The van der Waals surface area contributed by atoms with Gasteiger partial charge in [0, 0.05) is 24.7 Å². The molecule has 2 aliphatic rings. The molecule has 0 spiro atoms. The van der Waals surface area contributed by atoms with Gasteiger partial charge in [0.05, 0.1) is 6.04 Å². The van der Waals surface area contributed by atoms with Crippen LogP contribution in [0, 0.1) is 0 Å². The number of hydrogen-bond donors (Lipinski definition) is 1. The summed E-state index contributed by atoms with van der Waals surface area (Å²) in [5.74, 6) is -1.01. The lowest BCUT2D eigenvalue weighted by Gasteiger charge is -2.37. The van der Waals surface area contributed by atoms with Gasteiger partial charge in [0.1, 0.15) is 6.10 Å². The van der Waals surface area contributed by atoms with E-state index in [-0.39, 0.29) is 23.9 Å². The first kappa shape index (κ1) is 19.3. The number of alkyl halides is 2. The van der Waals surface area contributed by atoms with Crippen LogP contribution in [0.15, 0.2) is 22.6 Å². The van der Waals surface area contributed by atoms with Crippen molar-refractivity contribution < 1.29 is 27.5 Å². The van der Waals surface area contributed by atoms with Gasteiger partial charge in [0.15, 0.2) is 0 Å². The summed E-state index contributed by atoms with van der Waals surface area (Å²) in [5, 5.41) is 9.40. The molecule has 0 saturated heterocycles. The maximum absolute atomic E-state index is 13.1. The van der Waals surface area contributed by atoms with Crippen molar-refractivity contribution in [2.24, 2.45) is 0 Å². The van der Waals surface area contributed by atoms with Gasteiger partial charge < -0.3 is 19.4 Å². The summed E-state index contributed by atoms with van der Waals surface area (Å²) < 4.78 is 35.8. The van der Waals surface area contributed by atoms with Crippen LogP contribution >= 0.6 is 0 Å². The molecule has 4 rings (SSSR count). The lowest BCUT2D eigenvalue weighted by Crippen LogP contribution is -2.48. The minimum atomic E-state index is -2.86. The summed E-state index contributed by atoms with van der Waals surface area (Å²) in [6.45, 7) is 0.402. The fraction of sp³-hybridized carbons (Fsp3) is 0.474. The highest BCUT2D eigenvalue weighted by Gasteiger charge is 2.39. The largest absolute Gasteiger partial charge is 0.444 e. The Labute approximate surface area is 165 Å². The van der Waals surface area contributed by atoms with E-state index >= 15 is 0 Å². The fourth-order valence-corrected chi connectivity index (χ4v) is 3.93. The molecule has 1 aromatic heterocycles. The third kappa shape index (κ3) is 3.66. The highest BCUT2D eigenvalue weighted by molar-refractivity contribution is 5.99. The van der Waals surface area contributed by atoms with Crippen LogP contribution in [0.3, 0.4) is 0 Å². The Bertz CT molecular complexity index is 933. The molecule has 1 aliphatic heterocycles. The van der Waals surface area contributed by atoms with Crippen LogP contribution in [0.2, 0.25) is 0 Å². The third-order valence-electron chi connectivity index (χ3n) is 5.35. The summed E-state index contributed by atoms with van der Waals surface area (Å²) in [6, 6.07) is 4.79. The number of alkyl carbamates (subject to hydrolysis) is 1. The summed E-state index contributed by atoms with van der Waals surface area (Å²) in [7, 11) is 1.50. The average Bonchev–Trinajstić information content (AvgIpc) is 3.34. The van der Waals surface area contributed by atoms with E-state index in [0.717, 1.165) is 24.8 Å². The Kier molecular flexibility index (Phi) is 5.16. The quantitative estimate of drug-likeness (QED) is 0.837. The average molecular weight is 406 g/mol. The van der Waals surface area contributed by atoms with Crippen LogP contribution in [0.25, 0.3) is 11.5 Å². The van der Waals surface area contributed by atoms with Crippen molar-refractivity contribution in [2.75, 3.05) is 7.05 Å². The Morgan fingerprint density at radius 2 is 2.10 bits per heavy atom. The van der Waals surface area contributed by atoms with E-state index in [1.165, 1.54) is 7.05 Å². The minimum Gasteiger partial charge on any atom is -0.444 e. The van der Waals surface area contributed by atoms with E-state index in [0.29, 0.717) is 24.1 Å². The van der Waals surface area contributed by atoms with Crippen LogP contribution in [-0.2, 0) is 11.3 Å².